The minimum atomic E-state index is 0.536. The molecular formula is C16H25N3O2. The number of hydrogen-bond donors (Lipinski definition) is 1. The molecule has 1 aromatic heterocycles. The Morgan fingerprint density at radius 3 is 2.62 bits per heavy atom. The minimum Gasteiger partial charge on any atom is -0.475 e. The van der Waals surface area contributed by atoms with Gasteiger partial charge in [-0.3, -0.25) is 0 Å². The molecule has 0 aliphatic carbocycles. The monoisotopic (exact) mass is 291 g/mol. The van der Waals surface area contributed by atoms with E-state index in [0.717, 1.165) is 17.8 Å². The fourth-order valence-electron chi connectivity index (χ4n) is 3.55. The topological polar surface area (TPSA) is 46.6 Å². The maximum Gasteiger partial charge on any atom is 0.213 e. The molecule has 0 aromatic carbocycles. The van der Waals surface area contributed by atoms with Crippen molar-refractivity contribution in [3.8, 4) is 5.88 Å². The number of nitrogens with one attached hydrogen (secondary N) is 1. The third-order valence-electron chi connectivity index (χ3n) is 4.74. The molecule has 0 spiro atoms. The Kier molecular flexibility index (Phi) is 4.60. The van der Waals surface area contributed by atoms with Crippen LogP contribution in [-0.4, -0.2) is 55.4 Å². The smallest absolute Gasteiger partial charge is 0.213 e. The summed E-state index contributed by atoms with van der Waals surface area (Å²) in [5.74, 6) is 0.654. The third-order valence-corrected chi connectivity index (χ3v) is 4.74. The third kappa shape index (κ3) is 3.47. The number of nitrogens with zero attached hydrogens (tertiary/aromatic N) is 2. The van der Waals surface area contributed by atoms with Crippen molar-refractivity contribution in [1.29, 1.82) is 0 Å². The first-order valence-corrected chi connectivity index (χ1v) is 7.82. The maximum atomic E-state index is 5.48. The zero-order valence-electron chi connectivity index (χ0n) is 12.9. The van der Waals surface area contributed by atoms with Crippen LogP contribution in [0.25, 0.3) is 0 Å². The molecule has 116 valence electrons. The van der Waals surface area contributed by atoms with Crippen LogP contribution >= 0.6 is 0 Å². The SMILES string of the molecule is COCCOc1ccc(NC2CC3CCC(C2)N3C)cn1. The number of piperidine rings is 1. The number of aromatic nitrogens is 1. The quantitative estimate of drug-likeness (QED) is 0.814. The molecule has 2 aliphatic rings. The molecule has 2 bridgehead atoms. The van der Waals surface area contributed by atoms with Crippen molar-refractivity contribution in [2.45, 2.75) is 43.8 Å². The first-order chi connectivity index (χ1) is 10.3. The van der Waals surface area contributed by atoms with Crippen LogP contribution < -0.4 is 10.1 Å². The molecule has 2 aliphatic heterocycles. The molecule has 5 nitrogen and oxygen atoms in total. The van der Waals surface area contributed by atoms with Crippen molar-refractivity contribution >= 4 is 5.69 Å². The van der Waals surface area contributed by atoms with Gasteiger partial charge in [-0.05, 0) is 38.8 Å². The van der Waals surface area contributed by atoms with Gasteiger partial charge in [-0.25, -0.2) is 4.98 Å². The Labute approximate surface area is 126 Å². The zero-order chi connectivity index (χ0) is 14.7. The molecule has 0 amide bonds. The first-order valence-electron chi connectivity index (χ1n) is 7.82. The number of fused-ring (bicyclic) bond motifs is 2. The number of anilines is 1. The molecule has 2 fully saturated rings. The number of pyridine rings is 1. The van der Waals surface area contributed by atoms with E-state index >= 15 is 0 Å². The van der Waals surface area contributed by atoms with Crippen molar-refractivity contribution in [3.05, 3.63) is 18.3 Å². The summed E-state index contributed by atoms with van der Waals surface area (Å²) in [6, 6.07) is 6.05. The second kappa shape index (κ2) is 6.62. The van der Waals surface area contributed by atoms with Gasteiger partial charge in [0.25, 0.3) is 0 Å². The fourth-order valence-corrected chi connectivity index (χ4v) is 3.55. The standard InChI is InChI=1S/C16H25N3O2/c1-19-14-4-5-15(19)10-13(9-14)18-12-3-6-16(17-11-12)21-8-7-20-2/h3,6,11,13-15,18H,4-5,7-10H2,1-2H3. The van der Waals surface area contributed by atoms with E-state index in [-0.39, 0.29) is 0 Å². The number of hydrogen-bond acceptors (Lipinski definition) is 5. The second-order valence-corrected chi connectivity index (χ2v) is 6.09. The largest absolute Gasteiger partial charge is 0.475 e. The number of methoxy groups -OCH3 is 1. The van der Waals surface area contributed by atoms with Gasteiger partial charge in [-0.1, -0.05) is 0 Å². The summed E-state index contributed by atoms with van der Waals surface area (Å²) in [7, 11) is 3.94. The van der Waals surface area contributed by atoms with E-state index in [1.165, 1.54) is 25.7 Å². The van der Waals surface area contributed by atoms with E-state index in [1.54, 1.807) is 7.11 Å². The van der Waals surface area contributed by atoms with Gasteiger partial charge in [0.2, 0.25) is 5.88 Å². The normalized spacial score (nSPS) is 28.6. The summed E-state index contributed by atoms with van der Waals surface area (Å²) in [5, 5.41) is 3.63. The Morgan fingerprint density at radius 1 is 1.24 bits per heavy atom. The summed E-state index contributed by atoms with van der Waals surface area (Å²) in [6.45, 7) is 1.12. The van der Waals surface area contributed by atoms with Crippen LogP contribution in [0.1, 0.15) is 25.7 Å². The summed E-state index contributed by atoms with van der Waals surface area (Å²) < 4.78 is 10.4. The highest BCUT2D eigenvalue weighted by Crippen LogP contribution is 2.35. The molecule has 2 saturated heterocycles. The van der Waals surface area contributed by atoms with Crippen LogP contribution in [0.2, 0.25) is 0 Å². The summed E-state index contributed by atoms with van der Waals surface area (Å²) in [6.07, 6.45) is 7.04. The molecule has 1 N–H and O–H groups in total. The molecule has 2 unspecified atom stereocenters. The van der Waals surface area contributed by atoms with Crippen molar-refractivity contribution in [2.24, 2.45) is 0 Å². The van der Waals surface area contributed by atoms with Gasteiger partial charge in [0, 0.05) is 31.3 Å². The Hall–Kier alpha value is -1.33. The van der Waals surface area contributed by atoms with Gasteiger partial charge in [0.15, 0.2) is 0 Å². The average molecular weight is 291 g/mol. The molecule has 5 heteroatoms. The lowest BCUT2D eigenvalue weighted by atomic mass is 9.98. The zero-order valence-corrected chi connectivity index (χ0v) is 12.9. The van der Waals surface area contributed by atoms with Crippen molar-refractivity contribution < 1.29 is 9.47 Å². The van der Waals surface area contributed by atoms with Gasteiger partial charge in [-0.2, -0.15) is 0 Å². The molecule has 21 heavy (non-hydrogen) atoms. The van der Waals surface area contributed by atoms with Crippen molar-refractivity contribution in [3.63, 3.8) is 0 Å². The Balaban J connectivity index is 1.51. The lowest BCUT2D eigenvalue weighted by Crippen LogP contribution is -2.44. The molecule has 0 radical (unpaired) electrons. The van der Waals surface area contributed by atoms with E-state index < -0.39 is 0 Å². The Bertz CT molecular complexity index is 437. The molecule has 1 aromatic rings. The summed E-state index contributed by atoms with van der Waals surface area (Å²) >= 11 is 0. The van der Waals surface area contributed by atoms with Crippen molar-refractivity contribution in [1.82, 2.24) is 9.88 Å². The predicted octanol–water partition coefficient (Wildman–Crippen LogP) is 2.14. The Morgan fingerprint density at radius 2 is 2.00 bits per heavy atom. The lowest BCUT2D eigenvalue weighted by Gasteiger charge is -2.37. The van der Waals surface area contributed by atoms with E-state index in [9.17, 15) is 0 Å². The molecule has 2 atom stereocenters. The average Bonchev–Trinajstić information content (AvgIpc) is 2.72. The van der Waals surface area contributed by atoms with E-state index in [1.807, 2.05) is 12.3 Å². The predicted molar refractivity (Wildman–Crippen MR) is 82.8 cm³/mol. The van der Waals surface area contributed by atoms with E-state index in [2.05, 4.69) is 28.3 Å². The summed E-state index contributed by atoms with van der Waals surface area (Å²) in [5.41, 5.74) is 1.09. The van der Waals surface area contributed by atoms with Crippen LogP contribution in [0.4, 0.5) is 5.69 Å². The highest BCUT2D eigenvalue weighted by atomic mass is 16.5. The molecule has 3 rings (SSSR count). The van der Waals surface area contributed by atoms with Crippen LogP contribution in [0.5, 0.6) is 5.88 Å². The van der Waals surface area contributed by atoms with Gasteiger partial charge in [-0.15, -0.1) is 0 Å². The number of rotatable bonds is 6. The van der Waals surface area contributed by atoms with Crippen LogP contribution in [0, 0.1) is 0 Å². The fraction of sp³-hybridized carbons (Fsp3) is 0.688. The maximum absolute atomic E-state index is 5.48. The summed E-state index contributed by atoms with van der Waals surface area (Å²) in [4.78, 5) is 6.89. The highest BCUT2D eigenvalue weighted by Gasteiger charge is 2.38. The highest BCUT2D eigenvalue weighted by molar-refractivity contribution is 5.43. The van der Waals surface area contributed by atoms with Crippen molar-refractivity contribution in [2.75, 3.05) is 32.7 Å². The second-order valence-electron chi connectivity index (χ2n) is 6.09. The van der Waals surface area contributed by atoms with Gasteiger partial charge in [0.05, 0.1) is 18.5 Å². The van der Waals surface area contributed by atoms with E-state index in [0.29, 0.717) is 25.1 Å². The molecule has 3 heterocycles. The van der Waals surface area contributed by atoms with Crippen LogP contribution in [-0.2, 0) is 4.74 Å². The van der Waals surface area contributed by atoms with Crippen LogP contribution in [0.15, 0.2) is 18.3 Å². The lowest BCUT2D eigenvalue weighted by molar-refractivity contribution is 0.144. The number of ether oxygens (including phenoxy) is 2. The minimum absolute atomic E-state index is 0.536. The van der Waals surface area contributed by atoms with Gasteiger partial charge < -0.3 is 19.7 Å². The molecular weight excluding hydrogens is 266 g/mol. The van der Waals surface area contributed by atoms with Gasteiger partial charge in [0.1, 0.15) is 6.61 Å². The van der Waals surface area contributed by atoms with E-state index in [4.69, 9.17) is 9.47 Å². The molecule has 0 saturated carbocycles. The van der Waals surface area contributed by atoms with Crippen LogP contribution in [0.3, 0.4) is 0 Å². The van der Waals surface area contributed by atoms with Gasteiger partial charge >= 0.3 is 0 Å². The first kappa shape index (κ1) is 14.6.